The average Bonchev–Trinajstić information content (AvgIpc) is 2.45. The second-order valence-electron chi connectivity index (χ2n) is 5.06. The van der Waals surface area contributed by atoms with Crippen LogP contribution in [-0.2, 0) is 25.8 Å². The molecule has 6 nitrogen and oxygen atoms in total. The minimum absolute atomic E-state index is 0.0850. The van der Waals surface area contributed by atoms with Crippen molar-refractivity contribution < 1.29 is 23.1 Å². The van der Waals surface area contributed by atoms with Crippen molar-refractivity contribution in [3.8, 4) is 0 Å². The van der Waals surface area contributed by atoms with Gasteiger partial charge in [0.05, 0.1) is 0 Å². The number of carbonyl (C=O) groups is 2. The van der Waals surface area contributed by atoms with Crippen LogP contribution in [0.2, 0.25) is 0 Å². The smallest absolute Gasteiger partial charge is 0.303 e. The van der Waals surface area contributed by atoms with Crippen LogP contribution in [-0.4, -0.2) is 42.9 Å². The first-order valence-electron chi connectivity index (χ1n) is 7.08. The number of sulfone groups is 1. The molecule has 0 fully saturated rings. The number of nitrogens with one attached hydrogen (secondary N) is 1. The predicted molar refractivity (Wildman–Crippen MR) is 83.3 cm³/mol. The third-order valence-corrected chi connectivity index (χ3v) is 4.77. The molecule has 1 atom stereocenters. The molecule has 0 aliphatic carbocycles. The van der Waals surface area contributed by atoms with E-state index in [0.29, 0.717) is 6.42 Å². The van der Waals surface area contributed by atoms with Gasteiger partial charge in [-0.1, -0.05) is 37.3 Å². The zero-order chi connectivity index (χ0) is 16.6. The summed E-state index contributed by atoms with van der Waals surface area (Å²) >= 11 is 0. The van der Waals surface area contributed by atoms with Gasteiger partial charge in [0.1, 0.15) is 5.75 Å². The Bertz CT molecular complexity index is 598. The Kier molecular flexibility index (Phi) is 7.04. The van der Waals surface area contributed by atoms with Gasteiger partial charge in [-0.05, 0) is 18.4 Å². The van der Waals surface area contributed by atoms with Gasteiger partial charge >= 0.3 is 5.97 Å². The molecule has 122 valence electrons. The standard InChI is InChI=1S/C15H21NO5S/c1-2-22(20,21)11-14(17)16-13(8-9-15(18)19)10-12-6-4-3-5-7-12/h3-7,13H,2,8-11H2,1H3,(H,16,17)(H,18,19). The molecule has 0 heterocycles. The van der Waals surface area contributed by atoms with E-state index in [1.54, 1.807) is 0 Å². The van der Waals surface area contributed by atoms with Crippen LogP contribution in [0, 0.1) is 0 Å². The minimum Gasteiger partial charge on any atom is -0.481 e. The number of carbonyl (C=O) groups excluding carboxylic acids is 1. The van der Waals surface area contributed by atoms with Crippen LogP contribution in [0.1, 0.15) is 25.3 Å². The van der Waals surface area contributed by atoms with Crippen LogP contribution < -0.4 is 5.32 Å². The number of hydrogen-bond donors (Lipinski definition) is 2. The Hall–Kier alpha value is -1.89. The van der Waals surface area contributed by atoms with Crippen LogP contribution in [0.5, 0.6) is 0 Å². The largest absolute Gasteiger partial charge is 0.481 e. The molecule has 0 aliphatic rings. The normalized spacial score (nSPS) is 12.6. The summed E-state index contributed by atoms with van der Waals surface area (Å²) in [5.41, 5.74) is 0.955. The van der Waals surface area contributed by atoms with Gasteiger partial charge in [0.15, 0.2) is 9.84 Å². The third-order valence-electron chi connectivity index (χ3n) is 3.19. The number of benzene rings is 1. The van der Waals surface area contributed by atoms with E-state index in [0.717, 1.165) is 5.56 Å². The molecule has 2 N–H and O–H groups in total. The fourth-order valence-electron chi connectivity index (χ4n) is 1.99. The van der Waals surface area contributed by atoms with Gasteiger partial charge in [-0.15, -0.1) is 0 Å². The molecule has 0 aliphatic heterocycles. The van der Waals surface area contributed by atoms with Crippen LogP contribution in [0.4, 0.5) is 0 Å². The number of carboxylic acids is 1. The Morgan fingerprint density at radius 3 is 2.41 bits per heavy atom. The molecule has 0 saturated heterocycles. The summed E-state index contributed by atoms with van der Waals surface area (Å²) in [6.45, 7) is 1.48. The van der Waals surface area contributed by atoms with E-state index in [-0.39, 0.29) is 18.6 Å². The highest BCUT2D eigenvalue weighted by molar-refractivity contribution is 7.92. The van der Waals surface area contributed by atoms with Crippen molar-refractivity contribution in [2.75, 3.05) is 11.5 Å². The highest BCUT2D eigenvalue weighted by Gasteiger charge is 2.19. The lowest BCUT2D eigenvalue weighted by Gasteiger charge is -2.18. The third kappa shape index (κ3) is 7.21. The molecular weight excluding hydrogens is 306 g/mol. The van der Waals surface area contributed by atoms with Gasteiger partial charge in [-0.3, -0.25) is 9.59 Å². The molecule has 0 bridgehead atoms. The van der Waals surface area contributed by atoms with Crippen molar-refractivity contribution >= 4 is 21.7 Å². The van der Waals surface area contributed by atoms with Crippen LogP contribution >= 0.6 is 0 Å². The van der Waals surface area contributed by atoms with Crippen LogP contribution in [0.3, 0.4) is 0 Å². The maximum atomic E-state index is 11.8. The summed E-state index contributed by atoms with van der Waals surface area (Å²) < 4.78 is 22.9. The minimum atomic E-state index is -3.40. The number of hydrogen-bond acceptors (Lipinski definition) is 4. The summed E-state index contributed by atoms with van der Waals surface area (Å²) in [6.07, 6.45) is 0.631. The molecule has 0 aromatic heterocycles. The van der Waals surface area contributed by atoms with E-state index in [1.165, 1.54) is 6.92 Å². The van der Waals surface area contributed by atoms with Gasteiger partial charge in [0, 0.05) is 18.2 Å². The number of aliphatic carboxylic acids is 1. The molecule has 1 rings (SSSR count). The zero-order valence-electron chi connectivity index (χ0n) is 12.5. The van der Waals surface area contributed by atoms with Crippen LogP contribution in [0.15, 0.2) is 30.3 Å². The highest BCUT2D eigenvalue weighted by atomic mass is 32.2. The number of amides is 1. The average molecular weight is 327 g/mol. The molecule has 1 amide bonds. The van der Waals surface area contributed by atoms with E-state index >= 15 is 0 Å². The Balaban J connectivity index is 2.69. The number of carboxylic acid groups (broad SMARTS) is 1. The lowest BCUT2D eigenvalue weighted by atomic mass is 10.0. The molecule has 1 unspecified atom stereocenters. The van der Waals surface area contributed by atoms with Crippen LogP contribution in [0.25, 0.3) is 0 Å². The van der Waals surface area contributed by atoms with Crippen molar-refractivity contribution in [2.45, 2.75) is 32.2 Å². The zero-order valence-corrected chi connectivity index (χ0v) is 13.3. The van der Waals surface area contributed by atoms with Crippen molar-refractivity contribution in [3.05, 3.63) is 35.9 Å². The van der Waals surface area contributed by atoms with E-state index in [4.69, 9.17) is 5.11 Å². The summed E-state index contributed by atoms with van der Waals surface area (Å²) in [7, 11) is -3.40. The fourth-order valence-corrected chi connectivity index (χ4v) is 2.68. The maximum absolute atomic E-state index is 11.8. The molecule has 0 saturated carbocycles. The topological polar surface area (TPSA) is 101 Å². The Labute approximate surface area is 130 Å². The van der Waals surface area contributed by atoms with E-state index < -0.39 is 33.5 Å². The second-order valence-corrected chi connectivity index (χ2v) is 7.42. The quantitative estimate of drug-likeness (QED) is 0.705. The molecule has 7 heteroatoms. The molecule has 22 heavy (non-hydrogen) atoms. The first-order valence-corrected chi connectivity index (χ1v) is 8.90. The van der Waals surface area contributed by atoms with Crippen molar-refractivity contribution in [1.82, 2.24) is 5.32 Å². The van der Waals surface area contributed by atoms with E-state index in [9.17, 15) is 18.0 Å². The molecule has 1 aromatic carbocycles. The monoisotopic (exact) mass is 327 g/mol. The van der Waals surface area contributed by atoms with Gasteiger partial charge in [-0.2, -0.15) is 0 Å². The summed E-state index contributed by atoms with van der Waals surface area (Å²) in [6, 6.07) is 8.92. The lowest BCUT2D eigenvalue weighted by Crippen LogP contribution is -2.40. The van der Waals surface area contributed by atoms with E-state index in [2.05, 4.69) is 5.32 Å². The second kappa shape index (κ2) is 8.53. The summed E-state index contributed by atoms with van der Waals surface area (Å²) in [5, 5.41) is 11.4. The highest BCUT2D eigenvalue weighted by Crippen LogP contribution is 2.08. The van der Waals surface area contributed by atoms with Gasteiger partial charge in [-0.25, -0.2) is 8.42 Å². The maximum Gasteiger partial charge on any atom is 0.303 e. The molecule has 0 spiro atoms. The fraction of sp³-hybridized carbons (Fsp3) is 0.467. The SMILES string of the molecule is CCS(=O)(=O)CC(=O)NC(CCC(=O)O)Cc1ccccc1. The van der Waals surface area contributed by atoms with Gasteiger partial charge < -0.3 is 10.4 Å². The van der Waals surface area contributed by atoms with Crippen molar-refractivity contribution in [3.63, 3.8) is 0 Å². The molecular formula is C15H21NO5S. The Morgan fingerprint density at radius 1 is 1.23 bits per heavy atom. The first-order chi connectivity index (χ1) is 10.3. The first kappa shape index (κ1) is 18.2. The predicted octanol–water partition coefficient (Wildman–Crippen LogP) is 1.01. The number of rotatable bonds is 9. The van der Waals surface area contributed by atoms with Crippen molar-refractivity contribution in [2.24, 2.45) is 0 Å². The summed E-state index contributed by atoms with van der Waals surface area (Å²) in [4.78, 5) is 22.5. The van der Waals surface area contributed by atoms with Gasteiger partial charge in [0.25, 0.3) is 0 Å². The van der Waals surface area contributed by atoms with Gasteiger partial charge in [0.2, 0.25) is 5.91 Å². The van der Waals surface area contributed by atoms with Crippen molar-refractivity contribution in [1.29, 1.82) is 0 Å². The Morgan fingerprint density at radius 2 is 1.86 bits per heavy atom. The lowest BCUT2D eigenvalue weighted by molar-refractivity contribution is -0.137. The molecule has 0 radical (unpaired) electrons. The van der Waals surface area contributed by atoms with E-state index in [1.807, 2.05) is 30.3 Å². The molecule has 1 aromatic rings. The summed E-state index contributed by atoms with van der Waals surface area (Å²) in [5.74, 6) is -2.21.